The second kappa shape index (κ2) is 12.6. The van der Waals surface area contributed by atoms with Gasteiger partial charge in [-0.2, -0.15) is 10.2 Å². The Hall–Kier alpha value is -3.11. The van der Waals surface area contributed by atoms with E-state index in [1.807, 2.05) is 18.0 Å². The molecule has 242 valence electrons. The van der Waals surface area contributed by atoms with Crippen LogP contribution in [0.15, 0.2) is 24.5 Å². The Morgan fingerprint density at radius 1 is 1.04 bits per heavy atom. The zero-order chi connectivity index (χ0) is 31.2. The lowest BCUT2D eigenvalue weighted by atomic mass is 9.77. The predicted molar refractivity (Wildman–Crippen MR) is 170 cm³/mol. The van der Waals surface area contributed by atoms with Crippen molar-refractivity contribution in [1.82, 2.24) is 34.7 Å². The zero-order valence-electron chi connectivity index (χ0n) is 26.9. The summed E-state index contributed by atoms with van der Waals surface area (Å²) < 4.78 is 33.2. The number of aromatic nitrogens is 4. The molecule has 0 radical (unpaired) electrons. The third kappa shape index (κ3) is 5.84. The normalized spacial score (nSPS) is 24.2. The van der Waals surface area contributed by atoms with Gasteiger partial charge in [0.2, 0.25) is 5.91 Å². The van der Waals surface area contributed by atoms with E-state index in [0.29, 0.717) is 36.8 Å². The topological polar surface area (TPSA) is 71.2 Å². The van der Waals surface area contributed by atoms with E-state index >= 15 is 0 Å². The molecular formula is C35H47F2N7O. The molecule has 4 heterocycles. The van der Waals surface area contributed by atoms with Crippen molar-refractivity contribution in [3.05, 3.63) is 58.2 Å². The number of rotatable bonds is 6. The average molecular weight is 620 g/mol. The lowest BCUT2D eigenvalue weighted by molar-refractivity contribution is -0.129. The first-order valence-electron chi connectivity index (χ1n) is 17.0. The molecule has 3 aromatic rings. The van der Waals surface area contributed by atoms with E-state index in [0.717, 1.165) is 92.4 Å². The summed E-state index contributed by atoms with van der Waals surface area (Å²) in [6.45, 7) is 5.11. The van der Waals surface area contributed by atoms with Gasteiger partial charge in [-0.1, -0.05) is 6.07 Å². The number of hydrogen-bond acceptors (Lipinski definition) is 5. The number of aryl methyl sites for hydroxylation is 2. The van der Waals surface area contributed by atoms with Crippen molar-refractivity contribution < 1.29 is 13.6 Å². The van der Waals surface area contributed by atoms with Crippen molar-refractivity contribution in [3.63, 3.8) is 0 Å². The van der Waals surface area contributed by atoms with E-state index in [-0.39, 0.29) is 17.4 Å². The molecule has 1 saturated heterocycles. The number of benzene rings is 1. The fourth-order valence-corrected chi connectivity index (χ4v) is 8.69. The molecule has 2 aromatic heterocycles. The van der Waals surface area contributed by atoms with Crippen LogP contribution in [0.5, 0.6) is 0 Å². The smallest absolute Gasteiger partial charge is 0.264 e. The second-order valence-corrected chi connectivity index (χ2v) is 13.8. The van der Waals surface area contributed by atoms with Crippen LogP contribution in [-0.2, 0) is 31.2 Å². The highest BCUT2D eigenvalue weighted by Crippen LogP contribution is 2.45. The summed E-state index contributed by atoms with van der Waals surface area (Å²) in [7, 11) is 4.13. The fraction of sp³-hybridized carbons (Fsp3) is 0.629. The van der Waals surface area contributed by atoms with Gasteiger partial charge in [-0.15, -0.1) is 0 Å². The van der Waals surface area contributed by atoms with Crippen LogP contribution in [0.3, 0.4) is 0 Å². The standard InChI is InChI=1S/C35H47F2N7O/c1-22(45)43-16-13-33-32(21-43)34(40-44(33)27-9-7-25(8-10-27)42(3)26-11-14-38-15-12-26)28-6-4-5-23-17-29(24-19-39-41(2)20-24)31(35(36)37)18-30(23)28/h17-20,25-28,35,38H,4-16,21H2,1-3H3. The Kier molecular flexibility index (Phi) is 8.54. The molecule has 1 N–H and O–H groups in total. The predicted octanol–water partition coefficient (Wildman–Crippen LogP) is 5.76. The van der Waals surface area contributed by atoms with E-state index in [1.54, 1.807) is 30.1 Å². The second-order valence-electron chi connectivity index (χ2n) is 13.8. The molecule has 2 aliphatic heterocycles. The van der Waals surface area contributed by atoms with E-state index in [9.17, 15) is 13.6 Å². The number of fused-ring (bicyclic) bond motifs is 2. The van der Waals surface area contributed by atoms with Crippen molar-refractivity contribution >= 4 is 5.91 Å². The molecule has 45 heavy (non-hydrogen) atoms. The molecule has 1 saturated carbocycles. The number of alkyl halides is 2. The van der Waals surface area contributed by atoms with Gasteiger partial charge in [-0.05, 0) is 101 Å². The first-order chi connectivity index (χ1) is 21.8. The van der Waals surface area contributed by atoms with Crippen LogP contribution in [-0.4, -0.2) is 74.0 Å². The number of nitrogens with one attached hydrogen (secondary N) is 1. The Balaban J connectivity index is 1.22. The summed E-state index contributed by atoms with van der Waals surface area (Å²) in [5, 5.41) is 13.1. The zero-order valence-corrected chi connectivity index (χ0v) is 26.9. The molecule has 4 aliphatic rings. The van der Waals surface area contributed by atoms with Crippen LogP contribution in [0.4, 0.5) is 8.78 Å². The van der Waals surface area contributed by atoms with Crippen molar-refractivity contribution in [2.75, 3.05) is 26.7 Å². The summed E-state index contributed by atoms with van der Waals surface area (Å²) in [6, 6.07) is 5.34. The molecule has 1 amide bonds. The minimum Gasteiger partial charge on any atom is -0.338 e. The van der Waals surface area contributed by atoms with Gasteiger partial charge in [0, 0.05) is 80.1 Å². The molecule has 2 fully saturated rings. The highest BCUT2D eigenvalue weighted by molar-refractivity contribution is 5.74. The Morgan fingerprint density at radius 2 is 1.80 bits per heavy atom. The molecule has 8 nitrogen and oxygen atoms in total. The Labute approximate surface area is 265 Å². The van der Waals surface area contributed by atoms with Gasteiger partial charge in [-0.25, -0.2) is 8.78 Å². The Morgan fingerprint density at radius 3 is 2.49 bits per heavy atom. The van der Waals surface area contributed by atoms with Crippen LogP contribution < -0.4 is 5.32 Å². The number of amides is 1. The first-order valence-corrected chi connectivity index (χ1v) is 17.0. The SMILES string of the molecule is CC(=O)N1CCc2c(c(C3CCCc4cc(-c5cnn(C)c5)c(C(F)F)cc43)nn2C2CCC(N(C)C3CCNCC3)CC2)C1. The molecule has 10 heteroatoms. The highest BCUT2D eigenvalue weighted by Gasteiger charge is 2.37. The summed E-state index contributed by atoms with van der Waals surface area (Å²) in [5.74, 6) is 0.0180. The van der Waals surface area contributed by atoms with Crippen molar-refractivity contribution in [3.8, 4) is 11.1 Å². The van der Waals surface area contributed by atoms with Crippen LogP contribution in [0, 0.1) is 0 Å². The average Bonchev–Trinajstić information content (AvgIpc) is 3.67. The fourth-order valence-electron chi connectivity index (χ4n) is 8.69. The van der Waals surface area contributed by atoms with Gasteiger partial charge in [0.05, 0.1) is 17.9 Å². The van der Waals surface area contributed by atoms with E-state index in [4.69, 9.17) is 5.10 Å². The third-order valence-electron chi connectivity index (χ3n) is 11.2. The summed E-state index contributed by atoms with van der Waals surface area (Å²) in [6.07, 6.45) is 11.3. The van der Waals surface area contributed by atoms with Gasteiger partial charge in [0.25, 0.3) is 6.43 Å². The molecule has 0 spiro atoms. The van der Waals surface area contributed by atoms with Gasteiger partial charge in [0.15, 0.2) is 0 Å². The van der Waals surface area contributed by atoms with E-state index in [2.05, 4.69) is 27.0 Å². The van der Waals surface area contributed by atoms with Crippen LogP contribution in [0.1, 0.15) is 110 Å². The van der Waals surface area contributed by atoms with Gasteiger partial charge >= 0.3 is 0 Å². The minimum absolute atomic E-state index is 0.0570. The lowest BCUT2D eigenvalue weighted by Gasteiger charge is -2.41. The first kappa shape index (κ1) is 30.5. The monoisotopic (exact) mass is 619 g/mol. The summed E-state index contributed by atoms with van der Waals surface area (Å²) >= 11 is 0. The maximum absolute atomic E-state index is 14.6. The van der Waals surface area contributed by atoms with E-state index < -0.39 is 6.43 Å². The van der Waals surface area contributed by atoms with Crippen LogP contribution >= 0.6 is 0 Å². The number of carbonyl (C=O) groups excluding carboxylic acids is 1. The highest BCUT2D eigenvalue weighted by atomic mass is 19.3. The maximum atomic E-state index is 14.6. The van der Waals surface area contributed by atoms with E-state index in [1.165, 1.54) is 18.5 Å². The molecule has 2 aliphatic carbocycles. The van der Waals surface area contributed by atoms with Gasteiger partial charge < -0.3 is 15.1 Å². The lowest BCUT2D eigenvalue weighted by Crippen LogP contribution is -2.47. The third-order valence-corrected chi connectivity index (χ3v) is 11.2. The number of nitrogens with zero attached hydrogens (tertiary/aromatic N) is 6. The maximum Gasteiger partial charge on any atom is 0.264 e. The van der Waals surface area contributed by atoms with Crippen molar-refractivity contribution in [2.24, 2.45) is 7.05 Å². The quantitative estimate of drug-likeness (QED) is 0.380. The molecule has 1 unspecified atom stereocenters. The summed E-state index contributed by atoms with van der Waals surface area (Å²) in [5.41, 5.74) is 6.85. The van der Waals surface area contributed by atoms with Crippen LogP contribution in [0.25, 0.3) is 11.1 Å². The molecule has 0 bridgehead atoms. The Bertz CT molecular complexity index is 1530. The summed E-state index contributed by atoms with van der Waals surface area (Å²) in [4.78, 5) is 17.1. The van der Waals surface area contributed by atoms with Crippen molar-refractivity contribution in [1.29, 1.82) is 0 Å². The molecule has 1 atom stereocenters. The molecule has 1 aromatic carbocycles. The number of halogens is 2. The number of piperidine rings is 1. The van der Waals surface area contributed by atoms with Gasteiger partial charge in [-0.3, -0.25) is 14.2 Å². The minimum atomic E-state index is -2.59. The van der Waals surface area contributed by atoms with Crippen molar-refractivity contribution in [2.45, 2.75) is 108 Å². The molecule has 7 rings (SSSR count). The van der Waals surface area contributed by atoms with Crippen LogP contribution in [0.2, 0.25) is 0 Å². The molecular weight excluding hydrogens is 572 g/mol. The largest absolute Gasteiger partial charge is 0.338 e. The van der Waals surface area contributed by atoms with Gasteiger partial charge in [0.1, 0.15) is 0 Å². The number of hydrogen-bond donors (Lipinski definition) is 1. The number of carbonyl (C=O) groups is 1.